The highest BCUT2D eigenvalue weighted by atomic mass is 16.3. The van der Waals surface area contributed by atoms with Crippen molar-refractivity contribution in [3.8, 4) is 22.3 Å². The molecule has 8 aromatic rings. The fourth-order valence-corrected chi connectivity index (χ4v) is 8.16. The summed E-state index contributed by atoms with van der Waals surface area (Å²) < 4.78 is 6.58. The predicted octanol–water partition coefficient (Wildman–Crippen LogP) is 13.8. The fourth-order valence-electron chi connectivity index (χ4n) is 8.16. The van der Waals surface area contributed by atoms with Gasteiger partial charge in [0.05, 0.1) is 0 Å². The average molecular weight is 644 g/mol. The first-order chi connectivity index (χ1) is 24.4. The van der Waals surface area contributed by atoms with Gasteiger partial charge in [-0.05, 0) is 111 Å². The van der Waals surface area contributed by atoms with Gasteiger partial charge in [-0.1, -0.05) is 130 Å². The molecule has 50 heavy (non-hydrogen) atoms. The van der Waals surface area contributed by atoms with E-state index in [1.165, 1.54) is 38.6 Å². The zero-order valence-electron chi connectivity index (χ0n) is 28.6. The van der Waals surface area contributed by atoms with Gasteiger partial charge in [0.2, 0.25) is 0 Å². The Bertz CT molecular complexity index is 2640. The number of anilines is 3. The second kappa shape index (κ2) is 11.5. The number of nitrogens with zero attached hydrogens (tertiary/aromatic N) is 1. The monoisotopic (exact) mass is 643 g/mol. The maximum atomic E-state index is 6.58. The quantitative estimate of drug-likeness (QED) is 0.168. The summed E-state index contributed by atoms with van der Waals surface area (Å²) in [5.74, 6) is 0. The molecular formula is C48H37NO. The minimum absolute atomic E-state index is 0.0775. The summed E-state index contributed by atoms with van der Waals surface area (Å²) in [6.45, 7) is 10.7. The molecule has 1 aliphatic rings. The van der Waals surface area contributed by atoms with Crippen molar-refractivity contribution in [2.45, 2.75) is 26.2 Å². The lowest BCUT2D eigenvalue weighted by Crippen LogP contribution is -2.16. The SMILES string of the molecule is C=C/C=C(\C)c1cccc2oc3cc(-c4ccc(N(c5ccccc5)c5ccc6c(c5)C(C)(C)c5ccccc5-6)cc4)c4ccccc4c3c12. The van der Waals surface area contributed by atoms with Crippen molar-refractivity contribution in [3.63, 3.8) is 0 Å². The number of fused-ring (bicyclic) bond motifs is 8. The standard InChI is InChI=1S/C48H37NO/c1-5-14-31(2)36-20-13-22-44-46(36)47-40-19-10-9-17-37(40)41(30-45(47)50-44)32-23-25-34(26-24-32)49(33-15-7-6-8-16-33)35-27-28-39-38-18-11-12-21-42(38)48(3,4)43(39)29-35/h5-30H,1H2,2-4H3/b31-14+. The normalized spacial score (nSPS) is 13.5. The maximum Gasteiger partial charge on any atom is 0.136 e. The molecule has 2 nitrogen and oxygen atoms in total. The van der Waals surface area contributed by atoms with E-state index >= 15 is 0 Å². The summed E-state index contributed by atoms with van der Waals surface area (Å²) in [5.41, 5.74) is 15.1. The molecule has 0 aliphatic heterocycles. The summed E-state index contributed by atoms with van der Waals surface area (Å²) in [4.78, 5) is 2.37. The molecule has 0 N–H and O–H groups in total. The van der Waals surface area contributed by atoms with E-state index < -0.39 is 0 Å². The van der Waals surface area contributed by atoms with Gasteiger partial charge in [-0.25, -0.2) is 0 Å². The van der Waals surface area contributed by atoms with Crippen LogP contribution in [0.5, 0.6) is 0 Å². The number of hydrogen-bond acceptors (Lipinski definition) is 2. The first-order valence-electron chi connectivity index (χ1n) is 17.3. The van der Waals surface area contributed by atoms with Crippen molar-refractivity contribution in [3.05, 3.63) is 181 Å². The molecule has 0 saturated heterocycles. The number of benzene rings is 7. The minimum atomic E-state index is -0.0775. The molecule has 1 aliphatic carbocycles. The molecule has 240 valence electrons. The number of hydrogen-bond donors (Lipinski definition) is 0. The maximum absolute atomic E-state index is 6.58. The zero-order chi connectivity index (χ0) is 34.0. The zero-order valence-corrected chi connectivity index (χ0v) is 28.6. The third-order valence-electron chi connectivity index (χ3n) is 10.6. The highest BCUT2D eigenvalue weighted by molar-refractivity contribution is 6.24. The predicted molar refractivity (Wildman–Crippen MR) is 213 cm³/mol. The van der Waals surface area contributed by atoms with Crippen molar-refractivity contribution in [2.24, 2.45) is 0 Å². The van der Waals surface area contributed by atoms with Crippen molar-refractivity contribution in [2.75, 3.05) is 4.90 Å². The van der Waals surface area contributed by atoms with E-state index in [-0.39, 0.29) is 5.41 Å². The Labute approximate surface area is 293 Å². The molecule has 1 heterocycles. The third-order valence-corrected chi connectivity index (χ3v) is 10.6. The van der Waals surface area contributed by atoms with Crippen LogP contribution in [0.3, 0.4) is 0 Å². The molecule has 0 spiro atoms. The summed E-state index contributed by atoms with van der Waals surface area (Å²) in [6, 6.07) is 52.7. The van der Waals surface area contributed by atoms with Crippen molar-refractivity contribution in [1.82, 2.24) is 0 Å². The Morgan fingerprint density at radius 2 is 1.26 bits per heavy atom. The Morgan fingerprint density at radius 1 is 0.580 bits per heavy atom. The van der Waals surface area contributed by atoms with Gasteiger partial charge in [-0.15, -0.1) is 0 Å². The first kappa shape index (κ1) is 30.0. The van der Waals surface area contributed by atoms with Crippen LogP contribution < -0.4 is 4.90 Å². The Kier molecular flexibility index (Phi) is 6.89. The highest BCUT2D eigenvalue weighted by Gasteiger charge is 2.35. The summed E-state index contributed by atoms with van der Waals surface area (Å²) in [7, 11) is 0. The van der Waals surface area contributed by atoms with Crippen LogP contribution in [0, 0.1) is 0 Å². The van der Waals surface area contributed by atoms with E-state index in [0.29, 0.717) is 0 Å². The average Bonchev–Trinajstić information content (AvgIpc) is 3.64. The second-order valence-electron chi connectivity index (χ2n) is 13.8. The fraction of sp³-hybridized carbons (Fsp3) is 0.0833. The summed E-state index contributed by atoms with van der Waals surface area (Å²) in [6.07, 6.45) is 3.91. The molecule has 0 amide bonds. The van der Waals surface area contributed by atoms with Crippen molar-refractivity contribution in [1.29, 1.82) is 0 Å². The van der Waals surface area contributed by atoms with E-state index in [1.807, 2.05) is 6.08 Å². The molecule has 7 aromatic carbocycles. The Morgan fingerprint density at radius 3 is 2.06 bits per heavy atom. The molecule has 0 unspecified atom stereocenters. The van der Waals surface area contributed by atoms with Crippen LogP contribution in [0.4, 0.5) is 17.1 Å². The number of allylic oxidation sites excluding steroid dienone is 3. The molecule has 0 saturated carbocycles. The highest BCUT2D eigenvalue weighted by Crippen LogP contribution is 2.51. The number of rotatable bonds is 6. The van der Waals surface area contributed by atoms with Gasteiger partial charge in [-0.2, -0.15) is 0 Å². The van der Waals surface area contributed by atoms with Crippen LogP contribution in [-0.2, 0) is 5.41 Å². The van der Waals surface area contributed by atoms with Crippen molar-refractivity contribution < 1.29 is 4.42 Å². The molecule has 2 heteroatoms. The van der Waals surface area contributed by atoms with Gasteiger partial charge >= 0.3 is 0 Å². The molecule has 0 fully saturated rings. The van der Waals surface area contributed by atoms with Crippen LogP contribution in [0.15, 0.2) is 169 Å². The summed E-state index contributed by atoms with van der Waals surface area (Å²) >= 11 is 0. The van der Waals surface area contributed by atoms with E-state index in [0.717, 1.165) is 55.7 Å². The van der Waals surface area contributed by atoms with Crippen LogP contribution in [-0.4, -0.2) is 0 Å². The second-order valence-corrected chi connectivity index (χ2v) is 13.8. The number of para-hydroxylation sites is 1. The third kappa shape index (κ3) is 4.56. The first-order valence-corrected chi connectivity index (χ1v) is 17.3. The van der Waals surface area contributed by atoms with E-state index in [2.05, 4.69) is 184 Å². The van der Waals surface area contributed by atoms with Gasteiger partial charge in [-0.3, -0.25) is 0 Å². The Balaban J connectivity index is 1.18. The van der Waals surface area contributed by atoms with Gasteiger partial charge in [0, 0.05) is 33.2 Å². The molecule has 0 radical (unpaired) electrons. The van der Waals surface area contributed by atoms with Crippen LogP contribution >= 0.6 is 0 Å². The van der Waals surface area contributed by atoms with E-state index in [4.69, 9.17) is 4.42 Å². The van der Waals surface area contributed by atoms with Gasteiger partial charge in [0.15, 0.2) is 0 Å². The van der Waals surface area contributed by atoms with Crippen molar-refractivity contribution >= 4 is 55.3 Å². The minimum Gasteiger partial charge on any atom is -0.456 e. The van der Waals surface area contributed by atoms with Gasteiger partial charge in [0.1, 0.15) is 11.2 Å². The lowest BCUT2D eigenvalue weighted by atomic mass is 9.82. The van der Waals surface area contributed by atoms with E-state index in [9.17, 15) is 0 Å². The smallest absolute Gasteiger partial charge is 0.136 e. The lowest BCUT2D eigenvalue weighted by molar-refractivity contribution is 0.660. The van der Waals surface area contributed by atoms with Crippen LogP contribution in [0.2, 0.25) is 0 Å². The van der Waals surface area contributed by atoms with Gasteiger partial charge in [0.25, 0.3) is 0 Å². The molecule has 9 rings (SSSR count). The van der Waals surface area contributed by atoms with Crippen LogP contribution in [0.1, 0.15) is 37.5 Å². The van der Waals surface area contributed by atoms with Crippen LogP contribution in [0.25, 0.3) is 60.5 Å². The van der Waals surface area contributed by atoms with Gasteiger partial charge < -0.3 is 9.32 Å². The number of furan rings is 1. The molecule has 1 aromatic heterocycles. The molecule has 0 atom stereocenters. The lowest BCUT2D eigenvalue weighted by Gasteiger charge is -2.28. The molecular weight excluding hydrogens is 607 g/mol. The molecule has 0 bridgehead atoms. The summed E-state index contributed by atoms with van der Waals surface area (Å²) in [5, 5.41) is 4.70. The van der Waals surface area contributed by atoms with E-state index in [1.54, 1.807) is 0 Å². The topological polar surface area (TPSA) is 16.4 Å². The Hall–Kier alpha value is -6.12. The largest absolute Gasteiger partial charge is 0.456 e.